The molecule has 1 aromatic rings. The van der Waals surface area contributed by atoms with E-state index < -0.39 is 15.1 Å². The van der Waals surface area contributed by atoms with Gasteiger partial charge < -0.3 is 11.1 Å². The van der Waals surface area contributed by atoms with Gasteiger partial charge in [0.05, 0.1) is 11.0 Å². The number of hydrogen-bond acceptors (Lipinski definition) is 4. The Kier molecular flexibility index (Phi) is 6.63. The molecule has 0 atom stereocenters. The first-order chi connectivity index (χ1) is 11.8. The third-order valence-corrected chi connectivity index (χ3v) is 7.35. The molecule has 0 bridgehead atoms. The van der Waals surface area contributed by atoms with Crippen LogP contribution in [0.15, 0.2) is 24.3 Å². The average molecular weight is 367 g/mol. The van der Waals surface area contributed by atoms with Crippen molar-refractivity contribution in [1.82, 2.24) is 0 Å². The molecular weight excluding hydrogens is 336 g/mol. The van der Waals surface area contributed by atoms with E-state index in [0.717, 1.165) is 25.7 Å². The smallest absolute Gasteiger partial charge is 0.224 e. The molecule has 0 saturated heterocycles. The Balaban J connectivity index is 2.02. The van der Waals surface area contributed by atoms with Crippen molar-refractivity contribution < 1.29 is 13.2 Å². The molecule has 3 N–H and O–H groups in total. The van der Waals surface area contributed by atoms with Crippen LogP contribution in [-0.2, 0) is 20.4 Å². The molecule has 1 aliphatic carbocycles. The minimum absolute atomic E-state index is 0.0128. The van der Waals surface area contributed by atoms with Gasteiger partial charge in [0.2, 0.25) is 5.91 Å². The molecule has 140 valence electrons. The van der Waals surface area contributed by atoms with Crippen LogP contribution in [-0.4, -0.2) is 26.1 Å². The zero-order valence-electron chi connectivity index (χ0n) is 15.3. The van der Waals surface area contributed by atoms with Crippen molar-refractivity contribution in [1.29, 1.82) is 0 Å². The summed E-state index contributed by atoms with van der Waals surface area (Å²) in [6.45, 7) is 3.89. The standard InChI is InChI=1S/C19H30N2O3S/c1-15(2)25(23,24)13-16-7-6-8-17(11-16)21-18(22)12-19(14-20)9-4-3-5-10-19/h6-8,11,15H,3-5,9-10,12-14,20H2,1-2H3,(H,21,22). The summed E-state index contributed by atoms with van der Waals surface area (Å²) in [5.74, 6) is -0.0580. The van der Waals surface area contributed by atoms with E-state index >= 15 is 0 Å². The van der Waals surface area contributed by atoms with E-state index in [1.165, 1.54) is 6.42 Å². The molecule has 25 heavy (non-hydrogen) atoms. The quantitative estimate of drug-likeness (QED) is 0.775. The van der Waals surface area contributed by atoms with Gasteiger partial charge in [-0.05, 0) is 56.3 Å². The predicted molar refractivity (Wildman–Crippen MR) is 102 cm³/mol. The van der Waals surface area contributed by atoms with E-state index in [9.17, 15) is 13.2 Å². The number of anilines is 1. The van der Waals surface area contributed by atoms with Crippen LogP contribution >= 0.6 is 0 Å². The zero-order valence-corrected chi connectivity index (χ0v) is 16.1. The molecule has 6 heteroatoms. The van der Waals surface area contributed by atoms with Gasteiger partial charge in [-0.3, -0.25) is 4.79 Å². The topological polar surface area (TPSA) is 89.3 Å². The lowest BCUT2D eigenvalue weighted by molar-refractivity contribution is -0.118. The number of amides is 1. The lowest BCUT2D eigenvalue weighted by Crippen LogP contribution is -2.36. The number of nitrogens with two attached hydrogens (primary N) is 1. The maximum absolute atomic E-state index is 12.5. The van der Waals surface area contributed by atoms with Gasteiger partial charge in [-0.15, -0.1) is 0 Å². The number of sulfone groups is 1. The Bertz CT molecular complexity index is 692. The summed E-state index contributed by atoms with van der Waals surface area (Å²) < 4.78 is 24.2. The van der Waals surface area contributed by atoms with Crippen molar-refractivity contribution in [2.75, 3.05) is 11.9 Å². The third kappa shape index (κ3) is 5.54. The molecule has 1 fully saturated rings. The highest BCUT2D eigenvalue weighted by Gasteiger charge is 2.33. The normalized spacial score (nSPS) is 17.4. The highest BCUT2D eigenvalue weighted by molar-refractivity contribution is 7.91. The highest BCUT2D eigenvalue weighted by Crippen LogP contribution is 2.38. The maximum Gasteiger partial charge on any atom is 0.224 e. The summed E-state index contributed by atoms with van der Waals surface area (Å²) in [6.07, 6.45) is 5.92. The van der Waals surface area contributed by atoms with Crippen LogP contribution in [0.25, 0.3) is 0 Å². The van der Waals surface area contributed by atoms with Gasteiger partial charge in [0, 0.05) is 12.1 Å². The zero-order chi connectivity index (χ0) is 18.5. The second kappa shape index (κ2) is 8.32. The molecular formula is C19H30N2O3S. The summed E-state index contributed by atoms with van der Waals surface area (Å²) in [6, 6.07) is 7.09. The molecule has 0 aromatic heterocycles. The van der Waals surface area contributed by atoms with E-state index in [2.05, 4.69) is 5.32 Å². The van der Waals surface area contributed by atoms with Gasteiger partial charge in [-0.2, -0.15) is 0 Å². The van der Waals surface area contributed by atoms with Gasteiger partial charge in [-0.25, -0.2) is 8.42 Å². The molecule has 0 heterocycles. The number of hydrogen-bond donors (Lipinski definition) is 2. The van der Waals surface area contributed by atoms with E-state index in [4.69, 9.17) is 5.73 Å². The van der Waals surface area contributed by atoms with Crippen molar-refractivity contribution in [3.05, 3.63) is 29.8 Å². The van der Waals surface area contributed by atoms with Gasteiger partial charge in [-0.1, -0.05) is 31.4 Å². The minimum Gasteiger partial charge on any atom is -0.330 e. The Morgan fingerprint density at radius 3 is 2.52 bits per heavy atom. The average Bonchev–Trinajstić information content (AvgIpc) is 2.55. The van der Waals surface area contributed by atoms with Gasteiger partial charge in [0.25, 0.3) is 0 Å². The molecule has 5 nitrogen and oxygen atoms in total. The molecule has 1 aromatic carbocycles. The van der Waals surface area contributed by atoms with Crippen molar-refractivity contribution in [3.63, 3.8) is 0 Å². The van der Waals surface area contributed by atoms with E-state index in [-0.39, 0.29) is 17.1 Å². The number of rotatable bonds is 7. The molecule has 1 aliphatic rings. The first kappa shape index (κ1) is 19.9. The van der Waals surface area contributed by atoms with Crippen molar-refractivity contribution in [2.45, 2.75) is 63.4 Å². The van der Waals surface area contributed by atoms with E-state index in [1.54, 1.807) is 38.1 Å². The van der Waals surface area contributed by atoms with Crippen molar-refractivity contribution >= 4 is 21.4 Å². The van der Waals surface area contributed by atoms with Crippen LogP contribution in [0.4, 0.5) is 5.69 Å². The van der Waals surface area contributed by atoms with Crippen LogP contribution in [0.3, 0.4) is 0 Å². The minimum atomic E-state index is -3.16. The van der Waals surface area contributed by atoms with Crippen molar-refractivity contribution in [3.8, 4) is 0 Å². The van der Waals surface area contributed by atoms with Crippen LogP contribution in [0.5, 0.6) is 0 Å². The molecule has 0 aliphatic heterocycles. The third-order valence-electron chi connectivity index (χ3n) is 5.18. The second-order valence-corrected chi connectivity index (χ2v) is 10.1. The van der Waals surface area contributed by atoms with E-state index in [0.29, 0.717) is 24.2 Å². The SMILES string of the molecule is CC(C)S(=O)(=O)Cc1cccc(NC(=O)CC2(CN)CCCCC2)c1. The van der Waals surface area contributed by atoms with Gasteiger partial charge in [0.15, 0.2) is 9.84 Å². The van der Waals surface area contributed by atoms with Crippen LogP contribution in [0.1, 0.15) is 57.9 Å². The van der Waals surface area contributed by atoms with Gasteiger partial charge in [0.1, 0.15) is 0 Å². The van der Waals surface area contributed by atoms with Crippen LogP contribution in [0, 0.1) is 5.41 Å². The van der Waals surface area contributed by atoms with Crippen molar-refractivity contribution in [2.24, 2.45) is 11.1 Å². The highest BCUT2D eigenvalue weighted by atomic mass is 32.2. The summed E-state index contributed by atoms with van der Waals surface area (Å²) >= 11 is 0. The molecule has 1 amide bonds. The van der Waals surface area contributed by atoms with Crippen LogP contribution in [0.2, 0.25) is 0 Å². The predicted octanol–water partition coefficient (Wildman–Crippen LogP) is 3.25. The number of nitrogens with one attached hydrogen (secondary N) is 1. The molecule has 2 rings (SSSR count). The summed E-state index contributed by atoms with van der Waals surface area (Å²) in [4.78, 5) is 12.5. The first-order valence-corrected chi connectivity index (χ1v) is 10.8. The summed E-state index contributed by atoms with van der Waals surface area (Å²) in [5, 5.41) is 2.50. The monoisotopic (exact) mass is 366 g/mol. The number of carbonyl (C=O) groups excluding carboxylic acids is 1. The largest absolute Gasteiger partial charge is 0.330 e. The molecule has 0 spiro atoms. The molecule has 0 radical (unpaired) electrons. The fourth-order valence-electron chi connectivity index (χ4n) is 3.44. The number of carbonyl (C=O) groups is 1. The van der Waals surface area contributed by atoms with E-state index in [1.807, 2.05) is 0 Å². The maximum atomic E-state index is 12.5. The first-order valence-electron chi connectivity index (χ1n) is 9.07. The summed E-state index contributed by atoms with van der Waals surface area (Å²) in [5.41, 5.74) is 7.21. The molecule has 0 unspecified atom stereocenters. The number of benzene rings is 1. The fraction of sp³-hybridized carbons (Fsp3) is 0.632. The Morgan fingerprint density at radius 2 is 1.92 bits per heavy atom. The lowest BCUT2D eigenvalue weighted by atomic mass is 9.71. The Hall–Kier alpha value is -1.40. The lowest BCUT2D eigenvalue weighted by Gasteiger charge is -2.35. The second-order valence-electron chi connectivity index (χ2n) is 7.55. The summed E-state index contributed by atoms with van der Waals surface area (Å²) in [7, 11) is -3.16. The Labute approximate surface area is 151 Å². The van der Waals surface area contributed by atoms with Gasteiger partial charge >= 0.3 is 0 Å². The van der Waals surface area contributed by atoms with Crippen LogP contribution < -0.4 is 11.1 Å². The molecule has 1 saturated carbocycles. The Morgan fingerprint density at radius 1 is 1.24 bits per heavy atom. The fourth-order valence-corrected chi connectivity index (χ4v) is 4.42.